The summed E-state index contributed by atoms with van der Waals surface area (Å²) in [6.07, 6.45) is 0.185. The lowest BCUT2D eigenvalue weighted by molar-refractivity contribution is -0.139. The zero-order valence-electron chi connectivity index (χ0n) is 13.6. The molecule has 2 aromatic carbocycles. The molecule has 1 N–H and O–H groups in total. The molecule has 128 valence electrons. The highest BCUT2D eigenvalue weighted by atomic mass is 79.9. The fraction of sp³-hybridized carbons (Fsp3) is 0.278. The first-order valence-corrected chi connectivity index (χ1v) is 8.96. The van der Waals surface area contributed by atoms with Crippen LogP contribution in [0, 0.1) is 0 Å². The highest BCUT2D eigenvalue weighted by Gasteiger charge is 2.14. The minimum Gasteiger partial charge on any atom is -0.508 e. The van der Waals surface area contributed by atoms with Gasteiger partial charge >= 0.3 is 5.97 Å². The zero-order valence-corrected chi connectivity index (χ0v) is 16.8. The number of carbonyl (C=O) groups is 1. The predicted octanol–water partition coefficient (Wildman–Crippen LogP) is 5.55. The van der Waals surface area contributed by atoms with E-state index in [1.807, 2.05) is 32.0 Å². The first kappa shape index (κ1) is 18.8. The van der Waals surface area contributed by atoms with E-state index >= 15 is 0 Å². The van der Waals surface area contributed by atoms with Crippen LogP contribution in [0.2, 0.25) is 0 Å². The largest absolute Gasteiger partial charge is 0.508 e. The van der Waals surface area contributed by atoms with Crippen molar-refractivity contribution in [2.75, 3.05) is 7.11 Å². The Morgan fingerprint density at radius 3 is 2.33 bits per heavy atom. The monoisotopic (exact) mass is 456 g/mol. The van der Waals surface area contributed by atoms with Crippen molar-refractivity contribution < 1.29 is 19.4 Å². The van der Waals surface area contributed by atoms with Crippen LogP contribution in [-0.2, 0) is 16.0 Å². The summed E-state index contributed by atoms with van der Waals surface area (Å²) in [5, 5.41) is 9.91. The Balaban J connectivity index is 2.30. The number of halogens is 2. The molecular weight excluding hydrogens is 440 g/mol. The van der Waals surface area contributed by atoms with E-state index in [1.54, 1.807) is 12.1 Å². The summed E-state index contributed by atoms with van der Waals surface area (Å²) in [7, 11) is 1.36. The summed E-state index contributed by atoms with van der Waals surface area (Å²) in [5.41, 5.74) is 1.63. The van der Waals surface area contributed by atoms with Crippen molar-refractivity contribution in [1.29, 1.82) is 0 Å². The molecule has 0 bridgehead atoms. The van der Waals surface area contributed by atoms with E-state index in [0.717, 1.165) is 20.1 Å². The molecule has 0 atom stereocenters. The molecule has 0 fully saturated rings. The van der Waals surface area contributed by atoms with E-state index in [2.05, 4.69) is 36.6 Å². The van der Waals surface area contributed by atoms with Gasteiger partial charge in [-0.05, 0) is 73.7 Å². The van der Waals surface area contributed by atoms with E-state index in [9.17, 15) is 9.90 Å². The van der Waals surface area contributed by atoms with Crippen LogP contribution in [-0.4, -0.2) is 18.2 Å². The Hall–Kier alpha value is -1.53. The SMILES string of the molecule is COC(=O)Cc1cc(Br)c(Oc2ccc(O)c(C(C)C)c2)c(Br)c1. The number of phenols is 1. The molecule has 24 heavy (non-hydrogen) atoms. The maximum absolute atomic E-state index is 11.4. The third-order valence-corrected chi connectivity index (χ3v) is 4.65. The Morgan fingerprint density at radius 2 is 1.79 bits per heavy atom. The minimum atomic E-state index is -0.303. The van der Waals surface area contributed by atoms with Crippen molar-refractivity contribution >= 4 is 37.8 Å². The molecule has 0 radical (unpaired) electrons. The lowest BCUT2D eigenvalue weighted by Crippen LogP contribution is -2.04. The zero-order chi connectivity index (χ0) is 17.9. The summed E-state index contributed by atoms with van der Waals surface area (Å²) in [5.74, 6) is 1.36. The van der Waals surface area contributed by atoms with Gasteiger partial charge in [0.2, 0.25) is 0 Å². The molecule has 0 saturated carbocycles. The van der Waals surface area contributed by atoms with Crippen molar-refractivity contribution in [3.05, 3.63) is 50.4 Å². The lowest BCUT2D eigenvalue weighted by atomic mass is 10.0. The molecule has 0 spiro atoms. The van der Waals surface area contributed by atoms with Crippen molar-refractivity contribution in [3.63, 3.8) is 0 Å². The van der Waals surface area contributed by atoms with Crippen LogP contribution < -0.4 is 4.74 Å². The molecule has 6 heteroatoms. The van der Waals surface area contributed by atoms with Gasteiger partial charge in [0.15, 0.2) is 5.75 Å². The summed E-state index contributed by atoms with van der Waals surface area (Å²) in [6, 6.07) is 8.79. The molecule has 0 aromatic heterocycles. The second kappa shape index (κ2) is 8.03. The quantitative estimate of drug-likeness (QED) is 0.598. The molecule has 0 heterocycles. The highest BCUT2D eigenvalue weighted by Crippen LogP contribution is 2.39. The molecule has 0 amide bonds. The molecular formula is C18H18Br2O4. The van der Waals surface area contributed by atoms with Crippen LogP contribution in [0.1, 0.15) is 30.9 Å². The third-order valence-electron chi connectivity index (χ3n) is 3.48. The van der Waals surface area contributed by atoms with Gasteiger partial charge in [0.1, 0.15) is 11.5 Å². The molecule has 4 nitrogen and oxygen atoms in total. The summed E-state index contributed by atoms with van der Waals surface area (Å²) >= 11 is 6.95. The Morgan fingerprint density at radius 1 is 1.17 bits per heavy atom. The second-order valence-corrected chi connectivity index (χ2v) is 7.33. The molecule has 2 aromatic rings. The molecule has 0 aliphatic rings. The van der Waals surface area contributed by atoms with Crippen molar-refractivity contribution in [2.45, 2.75) is 26.2 Å². The van der Waals surface area contributed by atoms with Gasteiger partial charge in [0.05, 0.1) is 22.5 Å². The normalized spacial score (nSPS) is 10.8. The van der Waals surface area contributed by atoms with E-state index in [0.29, 0.717) is 11.5 Å². The average molecular weight is 458 g/mol. The van der Waals surface area contributed by atoms with Crippen LogP contribution in [0.4, 0.5) is 0 Å². The summed E-state index contributed by atoms with van der Waals surface area (Å²) in [4.78, 5) is 11.4. The van der Waals surface area contributed by atoms with Gasteiger partial charge in [0, 0.05) is 5.56 Å². The highest BCUT2D eigenvalue weighted by molar-refractivity contribution is 9.11. The maximum atomic E-state index is 11.4. The topological polar surface area (TPSA) is 55.8 Å². The fourth-order valence-electron chi connectivity index (χ4n) is 2.23. The minimum absolute atomic E-state index is 0.183. The van der Waals surface area contributed by atoms with Gasteiger partial charge in [-0.25, -0.2) is 0 Å². The summed E-state index contributed by atoms with van der Waals surface area (Å²) in [6.45, 7) is 4.01. The number of phenolic OH excluding ortho intramolecular Hbond substituents is 1. The number of aromatic hydroxyl groups is 1. The predicted molar refractivity (Wildman–Crippen MR) is 99.8 cm³/mol. The molecule has 0 unspecified atom stereocenters. The number of carbonyl (C=O) groups excluding carboxylic acids is 1. The van der Waals surface area contributed by atoms with Gasteiger partial charge < -0.3 is 14.6 Å². The lowest BCUT2D eigenvalue weighted by Gasteiger charge is -2.14. The van der Waals surface area contributed by atoms with Gasteiger partial charge in [-0.3, -0.25) is 4.79 Å². The number of methoxy groups -OCH3 is 1. The second-order valence-electron chi connectivity index (χ2n) is 5.62. The average Bonchev–Trinajstić information content (AvgIpc) is 2.52. The van der Waals surface area contributed by atoms with E-state index in [1.165, 1.54) is 7.11 Å². The number of benzene rings is 2. The number of hydrogen-bond donors (Lipinski definition) is 1. The summed E-state index contributed by atoms with van der Waals surface area (Å²) < 4.78 is 12.1. The van der Waals surface area contributed by atoms with Crippen LogP contribution >= 0.6 is 31.9 Å². The van der Waals surface area contributed by atoms with Gasteiger partial charge in [-0.2, -0.15) is 0 Å². The van der Waals surface area contributed by atoms with Crippen molar-refractivity contribution in [2.24, 2.45) is 0 Å². The van der Waals surface area contributed by atoms with Gasteiger partial charge in [-0.1, -0.05) is 13.8 Å². The van der Waals surface area contributed by atoms with Crippen molar-refractivity contribution in [1.82, 2.24) is 0 Å². The van der Waals surface area contributed by atoms with Crippen LogP contribution in [0.3, 0.4) is 0 Å². The van der Waals surface area contributed by atoms with Gasteiger partial charge in [-0.15, -0.1) is 0 Å². The fourth-order valence-corrected chi connectivity index (χ4v) is 3.67. The van der Waals surface area contributed by atoms with E-state index < -0.39 is 0 Å². The Labute approximate surface area is 158 Å². The number of hydrogen-bond acceptors (Lipinski definition) is 4. The van der Waals surface area contributed by atoms with Crippen LogP contribution in [0.15, 0.2) is 39.3 Å². The number of esters is 1. The van der Waals surface area contributed by atoms with E-state index in [4.69, 9.17) is 4.74 Å². The first-order chi connectivity index (χ1) is 11.3. The molecule has 0 saturated heterocycles. The Kier molecular flexibility index (Phi) is 6.29. The molecule has 2 rings (SSSR count). The molecule has 0 aliphatic heterocycles. The standard InChI is InChI=1S/C18H18Br2O4/c1-10(2)13-9-12(4-5-16(13)21)24-18-14(19)6-11(7-15(18)20)8-17(22)23-3/h4-7,9-10,21H,8H2,1-3H3. The number of rotatable bonds is 5. The third kappa shape index (κ3) is 4.51. The Bertz CT molecular complexity index is 734. The molecule has 0 aliphatic carbocycles. The maximum Gasteiger partial charge on any atom is 0.309 e. The first-order valence-electron chi connectivity index (χ1n) is 7.37. The van der Waals surface area contributed by atoms with Crippen LogP contribution in [0.25, 0.3) is 0 Å². The number of ether oxygens (including phenoxy) is 2. The van der Waals surface area contributed by atoms with Gasteiger partial charge in [0.25, 0.3) is 0 Å². The van der Waals surface area contributed by atoms with Crippen molar-refractivity contribution in [3.8, 4) is 17.2 Å². The smallest absolute Gasteiger partial charge is 0.309 e. The van der Waals surface area contributed by atoms with E-state index in [-0.39, 0.29) is 24.1 Å². The van der Waals surface area contributed by atoms with Crippen LogP contribution in [0.5, 0.6) is 17.2 Å².